The lowest BCUT2D eigenvalue weighted by molar-refractivity contribution is 0.00578. The van der Waals surface area contributed by atoms with Gasteiger partial charge in [-0.2, -0.15) is 26.3 Å². The number of nitrogens with two attached hydrogens (primary N) is 1. The van der Waals surface area contributed by atoms with E-state index in [4.69, 9.17) is 39.8 Å². The highest BCUT2D eigenvalue weighted by molar-refractivity contribution is 9.14. The Balaban J connectivity index is 0.000000165. The molecule has 15 nitrogen and oxygen atoms in total. The van der Waals surface area contributed by atoms with E-state index in [0.717, 1.165) is 146 Å². The largest absolute Gasteiger partial charge is 0.495 e. The summed E-state index contributed by atoms with van der Waals surface area (Å²) in [4.78, 5) is 7.91. The summed E-state index contributed by atoms with van der Waals surface area (Å²) >= 11 is 10.6. The van der Waals surface area contributed by atoms with Crippen LogP contribution in [0.4, 0.5) is 8.78 Å². The van der Waals surface area contributed by atoms with Gasteiger partial charge >= 0.3 is 7.12 Å². The van der Waals surface area contributed by atoms with Crippen molar-refractivity contribution in [2.75, 3.05) is 28.2 Å². The average molecular weight is 2070 g/mol. The minimum atomic E-state index is -0.517. The number of halogens is 3. The molecular formula is C119H126BBrF2N10O5S5. The Bertz CT molecular complexity index is 6620. The number of fused-ring (bicyclic) bond motifs is 5. The number of nitrogens with one attached hydrogen (secondary N) is 4. The Labute approximate surface area is 875 Å². The van der Waals surface area contributed by atoms with Crippen molar-refractivity contribution < 1.29 is 32.3 Å². The maximum atomic E-state index is 13.5. The fourth-order valence-corrected chi connectivity index (χ4v) is 22.5. The SMILES string of the molecule is C=C(Br)SC(=C)c1ccc(F)c(C#N)c1.C=C(SC(=C)c1cccc2c1CC[C@H]2N)c1ccc(OC(C)C)c(C#N)c1.C=C(SC(=C)c1cccc2c1CC[C@H]2NC)c1ccc(F)c(C#N)c1.C=C(SC(=C)c1cccc2c1CC[C@H]2NC)c1ccc(OC(C)C)c(C#N)c1.C=C(SC(=C)c1cccc2c1CC[C@H]2NC)c1ccc(OC(C)C)c(C#N)c1.CN[C@@H]1CCc2c(B3OC(C)(C)C(C)(C)O3)cccc21. The van der Waals surface area contributed by atoms with E-state index in [1.807, 2.05) is 136 Å². The topological polar surface area (TPSA) is 239 Å². The Morgan fingerprint density at radius 3 is 0.902 bits per heavy atom. The molecule has 0 amide bonds. The monoisotopic (exact) mass is 2060 g/mol. The highest BCUT2D eigenvalue weighted by Gasteiger charge is 2.53. The van der Waals surface area contributed by atoms with Gasteiger partial charge in [0.15, 0.2) is 0 Å². The Hall–Kier alpha value is -11.7. The molecule has 5 atom stereocenters. The zero-order valence-electron chi connectivity index (χ0n) is 84.2. The number of thioether (sulfide) groups is 5. The number of nitrogens with zero attached hydrogens (tertiary/aromatic N) is 5. The number of ether oxygens (including phenoxy) is 3. The van der Waals surface area contributed by atoms with Gasteiger partial charge in [-0.3, -0.25) is 0 Å². The van der Waals surface area contributed by atoms with Gasteiger partial charge in [0.2, 0.25) is 0 Å². The van der Waals surface area contributed by atoms with Gasteiger partial charge < -0.3 is 50.5 Å². The van der Waals surface area contributed by atoms with Crippen LogP contribution in [0.2, 0.25) is 0 Å². The van der Waals surface area contributed by atoms with Gasteiger partial charge in [-0.25, -0.2) is 8.78 Å². The molecule has 6 N–H and O–H groups in total. The number of rotatable bonds is 30. The van der Waals surface area contributed by atoms with Crippen molar-refractivity contribution >= 4 is 131 Å². The summed E-state index contributed by atoms with van der Waals surface area (Å²) in [5.74, 6) is 0.787. The van der Waals surface area contributed by atoms with E-state index >= 15 is 0 Å². The van der Waals surface area contributed by atoms with Crippen molar-refractivity contribution in [3.05, 3.63) is 397 Å². The van der Waals surface area contributed by atoms with E-state index in [1.165, 1.54) is 132 Å². The molecule has 10 aromatic rings. The van der Waals surface area contributed by atoms with Gasteiger partial charge in [0.1, 0.15) is 59.2 Å². The van der Waals surface area contributed by atoms with Crippen LogP contribution in [0, 0.1) is 68.3 Å². The van der Waals surface area contributed by atoms with E-state index < -0.39 is 11.6 Å². The molecule has 1 heterocycles. The quantitative estimate of drug-likeness (QED) is 0.0263. The van der Waals surface area contributed by atoms with E-state index in [1.54, 1.807) is 41.7 Å². The van der Waals surface area contributed by atoms with Crippen molar-refractivity contribution in [3.63, 3.8) is 0 Å². The normalized spacial score (nSPS) is 16.3. The van der Waals surface area contributed by atoms with Gasteiger partial charge in [-0.15, -0.1) is 0 Å². The molecule has 24 heteroatoms. The lowest BCUT2D eigenvalue weighted by Crippen LogP contribution is -2.41. The van der Waals surface area contributed by atoms with E-state index in [0.29, 0.717) is 63.0 Å². The summed E-state index contributed by atoms with van der Waals surface area (Å²) in [6, 6.07) is 69.7. The first-order valence-corrected chi connectivity index (χ1v) is 52.5. The molecule has 0 aromatic heterocycles. The summed E-state index contributed by atoms with van der Waals surface area (Å²) in [5, 5.41) is 59.5. The minimum absolute atomic E-state index is 0.0202. The van der Waals surface area contributed by atoms with E-state index in [9.17, 15) is 24.6 Å². The lowest BCUT2D eigenvalue weighted by Gasteiger charge is -2.32. The molecule has 10 aromatic carbocycles. The summed E-state index contributed by atoms with van der Waals surface area (Å²) in [6.45, 7) is 61.4. The third-order valence-electron chi connectivity index (χ3n) is 25.9. The zero-order valence-corrected chi connectivity index (χ0v) is 89.9. The second kappa shape index (κ2) is 51.2. The zero-order chi connectivity index (χ0) is 104. The van der Waals surface area contributed by atoms with Crippen LogP contribution in [0.25, 0.3) is 44.1 Å². The standard InChI is InChI=1S/2C24H26N2OS.C23H24N2OS.C21H19FN2S.C16H24BNO2.C11H7BrFNS/c2*1-15(2)27-24-12-9-18(13-19(24)14-25)16(3)28-17(4)20-7-6-8-22-21(20)10-11-23(22)26-5;1-14(2)26-23-11-8-17(12-18(23)13-24)15(3)27-16(4)19-6-5-7-21-20(19)9-10-22(21)25;1-13(15-7-9-20(22)16(11-15)12-23)25-14(2)17-5-4-6-19-18(17)8-10-21(19)24-3;1-15(2)16(3,4)20-17(19-15)13-8-6-7-12-11(13)9-10-14(12)18-5;1-7(15-8(2)12)9-3-4-11(13)10(5-9)6-14/h2*6-9,12-13,15,23,26H,3-4,10-11H2,1-2,5H3;5-8,11-12,14,22H,3-4,9-10,25H2,1-2H3;4-7,9,11,21,24H,1-2,8,10H2,3H3;6-8,14,18H,9-10H2,1-5H3;3-5H,1-2H2/t2*23-;22-;21-;14-;/m11111./s1. The Kier molecular flexibility index (Phi) is 40.0. The number of benzene rings is 10. The van der Waals surface area contributed by atoms with Crippen LogP contribution in [0.1, 0.15) is 265 Å². The molecule has 5 aliphatic carbocycles. The lowest BCUT2D eigenvalue weighted by atomic mass is 9.75. The van der Waals surface area contributed by atoms with Crippen molar-refractivity contribution in [2.24, 2.45) is 5.73 Å². The van der Waals surface area contributed by atoms with E-state index in [2.05, 4.69) is 234 Å². The van der Waals surface area contributed by atoms with Gasteiger partial charge in [-0.1, -0.05) is 246 Å². The molecule has 1 aliphatic heterocycles. The fourth-order valence-electron chi connectivity index (χ4n) is 18.0. The molecular weight excluding hydrogens is 1940 g/mol. The molecule has 0 unspecified atom stereocenters. The number of nitriles is 5. The van der Waals surface area contributed by atoms with Gasteiger partial charge in [0.05, 0.1) is 57.3 Å². The highest BCUT2D eigenvalue weighted by atomic mass is 79.9. The molecule has 1 saturated heterocycles. The molecule has 6 aliphatic rings. The smallest absolute Gasteiger partial charge is 0.490 e. The Morgan fingerprint density at radius 1 is 0.364 bits per heavy atom. The van der Waals surface area contributed by atoms with E-state index in [-0.39, 0.29) is 53.8 Å². The maximum absolute atomic E-state index is 13.5. The van der Waals surface area contributed by atoms with Crippen molar-refractivity contribution in [1.29, 1.82) is 26.3 Å². The van der Waals surface area contributed by atoms with Crippen molar-refractivity contribution in [3.8, 4) is 47.6 Å². The molecule has 0 radical (unpaired) electrons. The minimum Gasteiger partial charge on any atom is -0.490 e. The fraction of sp³-hybridized carbons (Fsp3) is 0.286. The molecule has 16 rings (SSSR count). The van der Waals surface area contributed by atoms with Crippen molar-refractivity contribution in [1.82, 2.24) is 21.3 Å². The first kappa shape index (κ1) is 112. The Morgan fingerprint density at radius 2 is 0.615 bits per heavy atom. The average Bonchev–Trinajstić information content (AvgIpc) is 1.60. The van der Waals surface area contributed by atoms with Gasteiger partial charge in [-0.05, 0) is 349 Å². The van der Waals surface area contributed by atoms with Crippen LogP contribution in [0.5, 0.6) is 17.2 Å². The summed E-state index contributed by atoms with van der Waals surface area (Å²) < 4.78 is 56.7. The van der Waals surface area contributed by atoms with Gasteiger partial charge in [0, 0.05) is 78.2 Å². The molecule has 0 bridgehead atoms. The summed E-state index contributed by atoms with van der Waals surface area (Å²) in [6.07, 6.45) is 10.8. The van der Waals surface area contributed by atoms with Crippen LogP contribution < -0.4 is 46.7 Å². The molecule has 0 spiro atoms. The second-order valence-electron chi connectivity index (χ2n) is 36.9. The molecule has 1 fully saturated rings. The third kappa shape index (κ3) is 27.9. The number of hydrogen-bond acceptors (Lipinski definition) is 20. The molecule has 736 valence electrons. The van der Waals surface area contributed by atoms with Crippen LogP contribution in [0.3, 0.4) is 0 Å². The van der Waals surface area contributed by atoms with Crippen LogP contribution in [0.15, 0.2) is 252 Å². The highest BCUT2D eigenvalue weighted by Crippen LogP contribution is 2.50. The predicted octanol–water partition coefficient (Wildman–Crippen LogP) is 29.3. The predicted molar refractivity (Wildman–Crippen MR) is 604 cm³/mol. The second-order valence-corrected chi connectivity index (χ2v) is 44.3. The first-order chi connectivity index (χ1) is 68.2. The first-order valence-electron chi connectivity index (χ1n) is 47.6. The summed E-state index contributed by atoms with van der Waals surface area (Å²) in [5.41, 5.74) is 30.8. The van der Waals surface area contributed by atoms with Crippen LogP contribution >= 0.6 is 74.7 Å². The maximum Gasteiger partial charge on any atom is 0.495 e. The van der Waals surface area contributed by atoms with Crippen LogP contribution in [-0.2, 0) is 41.4 Å². The molecule has 143 heavy (non-hydrogen) atoms. The van der Waals surface area contributed by atoms with Gasteiger partial charge in [0.25, 0.3) is 0 Å². The number of hydrogen-bond donors (Lipinski definition) is 5. The summed E-state index contributed by atoms with van der Waals surface area (Å²) in [7, 11) is 7.79. The third-order valence-corrected chi connectivity index (χ3v) is 30.9. The molecule has 0 saturated carbocycles. The van der Waals surface area contributed by atoms with Crippen LogP contribution in [-0.4, -0.2) is 64.8 Å². The van der Waals surface area contributed by atoms with Crippen molar-refractivity contribution in [2.45, 2.75) is 193 Å².